The molecule has 1 aliphatic heterocycles. The van der Waals surface area contributed by atoms with E-state index in [0.29, 0.717) is 12.8 Å². The van der Waals surface area contributed by atoms with Crippen LogP contribution in [0.25, 0.3) is 0 Å². The number of amides is 1. The van der Waals surface area contributed by atoms with Gasteiger partial charge in [0.15, 0.2) is 5.78 Å². The van der Waals surface area contributed by atoms with E-state index in [4.69, 9.17) is 4.84 Å². The van der Waals surface area contributed by atoms with E-state index in [1.807, 2.05) is 0 Å². The molecule has 0 aromatic heterocycles. The fourth-order valence-electron chi connectivity index (χ4n) is 1.88. The van der Waals surface area contributed by atoms with E-state index < -0.39 is 5.54 Å². The van der Waals surface area contributed by atoms with E-state index in [1.54, 1.807) is 12.2 Å². The third-order valence-corrected chi connectivity index (χ3v) is 2.60. The van der Waals surface area contributed by atoms with Gasteiger partial charge >= 0.3 is 0 Å². The molecular formula is C10H11NO3. The number of carbonyl (C=O) groups excluding carboxylic acids is 2. The molecule has 1 heterocycles. The molecular weight excluding hydrogens is 182 g/mol. The predicted octanol–water partition coefficient (Wildman–Crippen LogP) is 0.604. The average molecular weight is 193 g/mol. The molecule has 0 atom stereocenters. The lowest BCUT2D eigenvalue weighted by Gasteiger charge is -2.31. The first-order chi connectivity index (χ1) is 6.68. The molecule has 1 amide bonds. The number of carbonyl (C=O) groups is 2. The van der Waals surface area contributed by atoms with Crippen LogP contribution in [0.15, 0.2) is 24.3 Å². The molecule has 4 heteroatoms. The summed E-state index contributed by atoms with van der Waals surface area (Å²) in [5.74, 6) is -0.0952. The number of allylic oxidation sites excluding steroid dienone is 2. The zero-order valence-corrected chi connectivity index (χ0v) is 7.90. The predicted molar refractivity (Wildman–Crippen MR) is 49.1 cm³/mol. The van der Waals surface area contributed by atoms with Crippen LogP contribution in [0.3, 0.4) is 0 Å². The van der Waals surface area contributed by atoms with Gasteiger partial charge in [-0.2, -0.15) is 0 Å². The fourth-order valence-corrected chi connectivity index (χ4v) is 1.88. The van der Waals surface area contributed by atoms with E-state index in [0.717, 1.165) is 0 Å². The first-order valence-electron chi connectivity index (χ1n) is 4.47. The molecule has 0 saturated carbocycles. The second-order valence-corrected chi connectivity index (χ2v) is 3.43. The number of hydrogen-bond acceptors (Lipinski definition) is 3. The second-order valence-electron chi connectivity index (χ2n) is 3.43. The summed E-state index contributed by atoms with van der Waals surface area (Å²) in [6.45, 7) is 0. The van der Waals surface area contributed by atoms with Gasteiger partial charge in [0.2, 0.25) is 5.91 Å². The maximum absolute atomic E-state index is 11.4. The van der Waals surface area contributed by atoms with Crippen molar-refractivity contribution in [2.24, 2.45) is 0 Å². The van der Waals surface area contributed by atoms with Crippen molar-refractivity contribution in [1.29, 1.82) is 0 Å². The summed E-state index contributed by atoms with van der Waals surface area (Å²) in [7, 11) is 1.46. The van der Waals surface area contributed by atoms with Gasteiger partial charge in [-0.15, -0.1) is 0 Å². The van der Waals surface area contributed by atoms with Crippen LogP contribution >= 0.6 is 0 Å². The van der Waals surface area contributed by atoms with Crippen molar-refractivity contribution < 1.29 is 14.4 Å². The van der Waals surface area contributed by atoms with Crippen molar-refractivity contribution in [1.82, 2.24) is 5.06 Å². The third-order valence-electron chi connectivity index (χ3n) is 2.60. The molecule has 2 rings (SSSR count). The molecule has 1 spiro atoms. The van der Waals surface area contributed by atoms with Crippen molar-refractivity contribution in [2.75, 3.05) is 7.11 Å². The number of hydrogen-bond donors (Lipinski definition) is 0. The monoisotopic (exact) mass is 193 g/mol. The average Bonchev–Trinajstić information content (AvgIpc) is 2.49. The molecule has 0 aromatic rings. The zero-order chi connectivity index (χ0) is 10.2. The van der Waals surface area contributed by atoms with Gasteiger partial charge in [-0.05, 0) is 30.7 Å². The minimum absolute atomic E-state index is 0.0452. The molecule has 1 aliphatic carbocycles. The Morgan fingerprint density at radius 1 is 1.36 bits per heavy atom. The summed E-state index contributed by atoms with van der Waals surface area (Å²) in [6.07, 6.45) is 7.53. The van der Waals surface area contributed by atoms with Gasteiger partial charge in [-0.3, -0.25) is 14.4 Å². The molecule has 0 unspecified atom stereocenters. The molecule has 1 fully saturated rings. The summed E-state index contributed by atoms with van der Waals surface area (Å²) in [6, 6.07) is 0. The molecule has 0 aromatic carbocycles. The first kappa shape index (κ1) is 9.15. The van der Waals surface area contributed by atoms with E-state index in [2.05, 4.69) is 0 Å². The normalized spacial score (nSPS) is 23.9. The van der Waals surface area contributed by atoms with E-state index in [-0.39, 0.29) is 11.7 Å². The maximum Gasteiger partial charge on any atom is 0.247 e. The van der Waals surface area contributed by atoms with Crippen molar-refractivity contribution in [3.05, 3.63) is 24.3 Å². The number of nitrogens with zero attached hydrogens (tertiary/aromatic N) is 1. The van der Waals surface area contributed by atoms with Crippen LogP contribution in [-0.2, 0) is 14.4 Å². The third kappa shape index (κ3) is 1.19. The van der Waals surface area contributed by atoms with E-state index in [9.17, 15) is 9.59 Å². The first-order valence-corrected chi connectivity index (χ1v) is 4.47. The summed E-state index contributed by atoms with van der Waals surface area (Å²) in [4.78, 5) is 27.4. The molecule has 4 nitrogen and oxygen atoms in total. The lowest BCUT2D eigenvalue weighted by molar-refractivity contribution is -0.182. The van der Waals surface area contributed by atoms with Crippen LogP contribution in [0.1, 0.15) is 12.8 Å². The van der Waals surface area contributed by atoms with Gasteiger partial charge in [-0.25, -0.2) is 5.06 Å². The molecule has 1 saturated heterocycles. The van der Waals surface area contributed by atoms with Gasteiger partial charge in [-0.1, -0.05) is 0 Å². The van der Waals surface area contributed by atoms with Crippen LogP contribution in [-0.4, -0.2) is 29.4 Å². The highest BCUT2D eigenvalue weighted by Crippen LogP contribution is 2.34. The number of ketones is 1. The van der Waals surface area contributed by atoms with Gasteiger partial charge in [0.25, 0.3) is 0 Å². The van der Waals surface area contributed by atoms with Crippen LogP contribution < -0.4 is 0 Å². The Balaban J connectivity index is 2.33. The van der Waals surface area contributed by atoms with E-state index in [1.165, 1.54) is 24.3 Å². The Hall–Kier alpha value is -1.42. The van der Waals surface area contributed by atoms with Crippen molar-refractivity contribution in [2.45, 2.75) is 18.4 Å². The summed E-state index contributed by atoms with van der Waals surface area (Å²) >= 11 is 0. The van der Waals surface area contributed by atoms with Gasteiger partial charge in [0, 0.05) is 6.42 Å². The maximum atomic E-state index is 11.4. The number of hydroxylamine groups is 2. The summed E-state index contributed by atoms with van der Waals surface area (Å²) in [5.41, 5.74) is -0.528. The standard InChI is InChI=1S/C10H11NO3/c1-14-11-9(13)4-7-10(11)5-2-8(12)3-6-10/h2-3,5-6H,4,7H2,1H3. The number of rotatable bonds is 1. The smallest absolute Gasteiger partial charge is 0.247 e. The lowest BCUT2D eigenvalue weighted by atomic mass is 9.92. The van der Waals surface area contributed by atoms with Gasteiger partial charge in [0.05, 0.1) is 7.11 Å². The van der Waals surface area contributed by atoms with Crippen LogP contribution in [0.2, 0.25) is 0 Å². The Labute approximate surface area is 81.8 Å². The summed E-state index contributed by atoms with van der Waals surface area (Å²) < 4.78 is 0. The van der Waals surface area contributed by atoms with E-state index >= 15 is 0 Å². The van der Waals surface area contributed by atoms with Crippen LogP contribution in [0, 0.1) is 0 Å². The SMILES string of the molecule is CON1C(=O)CCC12C=CC(=O)C=C2. The fraction of sp³-hybridized carbons (Fsp3) is 0.400. The minimum Gasteiger partial charge on any atom is -0.290 e. The lowest BCUT2D eigenvalue weighted by Crippen LogP contribution is -2.42. The van der Waals surface area contributed by atoms with Crippen LogP contribution in [0.5, 0.6) is 0 Å². The highest BCUT2D eigenvalue weighted by Gasteiger charge is 2.43. The van der Waals surface area contributed by atoms with Crippen LogP contribution in [0.4, 0.5) is 0 Å². The second kappa shape index (κ2) is 3.06. The molecule has 0 radical (unpaired) electrons. The Morgan fingerprint density at radius 3 is 2.57 bits per heavy atom. The van der Waals surface area contributed by atoms with Crippen molar-refractivity contribution in [3.63, 3.8) is 0 Å². The minimum atomic E-state index is -0.528. The quantitative estimate of drug-likeness (QED) is 0.612. The zero-order valence-electron chi connectivity index (χ0n) is 7.90. The summed E-state index contributed by atoms with van der Waals surface area (Å²) in [5, 5.41) is 1.33. The molecule has 0 N–H and O–H groups in total. The van der Waals surface area contributed by atoms with Crippen molar-refractivity contribution >= 4 is 11.7 Å². The highest BCUT2D eigenvalue weighted by molar-refractivity contribution is 6.01. The van der Waals surface area contributed by atoms with Crippen molar-refractivity contribution in [3.8, 4) is 0 Å². The Bertz CT molecular complexity index is 327. The largest absolute Gasteiger partial charge is 0.290 e. The Morgan fingerprint density at radius 2 is 2.00 bits per heavy atom. The molecule has 2 aliphatic rings. The molecule has 0 bridgehead atoms. The van der Waals surface area contributed by atoms with Gasteiger partial charge in [0.1, 0.15) is 5.54 Å². The molecule has 74 valence electrons. The Kier molecular flexibility index (Phi) is 2.00. The van der Waals surface area contributed by atoms with Gasteiger partial charge < -0.3 is 0 Å². The molecule has 14 heavy (non-hydrogen) atoms. The highest BCUT2D eigenvalue weighted by atomic mass is 16.7. The topological polar surface area (TPSA) is 46.6 Å².